The topological polar surface area (TPSA) is 49.6 Å². The van der Waals surface area contributed by atoms with Crippen LogP contribution in [0, 0.1) is 16.0 Å². The monoisotopic (exact) mass is 317 g/mol. The zero-order valence-electron chi connectivity index (χ0n) is 14.0. The second kappa shape index (κ2) is 7.41. The minimum atomic E-state index is -0.340. The second-order valence-corrected chi connectivity index (χ2v) is 7.16. The fourth-order valence-electron chi connectivity index (χ4n) is 4.00. The van der Waals surface area contributed by atoms with Crippen molar-refractivity contribution in [2.75, 3.05) is 26.2 Å². The predicted octanol–water partition coefficient (Wildman–Crippen LogP) is 3.29. The first kappa shape index (κ1) is 16.4. The highest BCUT2D eigenvalue weighted by atomic mass is 16.6. The van der Waals surface area contributed by atoms with Gasteiger partial charge < -0.3 is 0 Å². The maximum Gasteiger partial charge on any atom is 0.269 e. The van der Waals surface area contributed by atoms with Crippen LogP contribution in [-0.2, 0) is 6.54 Å². The van der Waals surface area contributed by atoms with Crippen molar-refractivity contribution in [3.63, 3.8) is 0 Å². The zero-order valence-corrected chi connectivity index (χ0v) is 14.0. The number of non-ortho nitro benzene ring substituents is 1. The Hall–Kier alpha value is -1.46. The molecule has 0 radical (unpaired) electrons. The van der Waals surface area contributed by atoms with Crippen LogP contribution >= 0.6 is 0 Å². The van der Waals surface area contributed by atoms with E-state index in [2.05, 4.69) is 16.7 Å². The van der Waals surface area contributed by atoms with Gasteiger partial charge in [-0.1, -0.05) is 31.9 Å². The van der Waals surface area contributed by atoms with Gasteiger partial charge in [-0.25, -0.2) is 0 Å². The largest absolute Gasteiger partial charge is 0.298 e. The van der Waals surface area contributed by atoms with Gasteiger partial charge >= 0.3 is 0 Å². The highest BCUT2D eigenvalue weighted by Gasteiger charge is 2.27. The van der Waals surface area contributed by atoms with Crippen molar-refractivity contribution in [1.82, 2.24) is 9.80 Å². The SMILES string of the molecule is CC1CCCC(N2CCN(Cc3ccc([N+](=O)[O-])cc3)CC2)C1. The Morgan fingerprint density at radius 3 is 2.43 bits per heavy atom. The van der Waals surface area contributed by atoms with Crippen LogP contribution in [0.1, 0.15) is 38.2 Å². The Morgan fingerprint density at radius 2 is 1.83 bits per heavy atom. The number of rotatable bonds is 4. The standard InChI is InChI=1S/C18H27N3O2/c1-15-3-2-4-18(13-15)20-11-9-19(10-12-20)14-16-5-7-17(8-6-16)21(22)23/h5-8,15,18H,2-4,9-14H2,1H3. The first-order valence-corrected chi connectivity index (χ1v) is 8.81. The maximum atomic E-state index is 10.7. The molecule has 0 amide bonds. The smallest absolute Gasteiger partial charge is 0.269 e. The molecule has 1 saturated heterocycles. The van der Waals surface area contributed by atoms with Gasteiger partial charge in [-0.05, 0) is 24.3 Å². The summed E-state index contributed by atoms with van der Waals surface area (Å²) >= 11 is 0. The third kappa shape index (κ3) is 4.30. The molecule has 3 rings (SSSR count). The number of nitro groups is 1. The van der Waals surface area contributed by atoms with Gasteiger partial charge in [0.1, 0.15) is 0 Å². The van der Waals surface area contributed by atoms with Gasteiger partial charge in [-0.15, -0.1) is 0 Å². The third-order valence-corrected chi connectivity index (χ3v) is 5.39. The van der Waals surface area contributed by atoms with E-state index in [1.54, 1.807) is 12.1 Å². The molecule has 2 fully saturated rings. The lowest BCUT2D eigenvalue weighted by Crippen LogP contribution is -2.50. The van der Waals surface area contributed by atoms with Gasteiger partial charge in [-0.3, -0.25) is 19.9 Å². The molecule has 1 saturated carbocycles. The zero-order chi connectivity index (χ0) is 16.2. The fourth-order valence-corrected chi connectivity index (χ4v) is 4.00. The van der Waals surface area contributed by atoms with Crippen LogP contribution in [0.3, 0.4) is 0 Å². The average molecular weight is 317 g/mol. The Bertz CT molecular complexity index is 524. The molecule has 5 nitrogen and oxygen atoms in total. The molecule has 0 bridgehead atoms. The van der Waals surface area contributed by atoms with E-state index in [-0.39, 0.29) is 10.6 Å². The van der Waals surface area contributed by atoms with Gasteiger partial charge in [0.2, 0.25) is 0 Å². The number of benzene rings is 1. The van der Waals surface area contributed by atoms with Crippen molar-refractivity contribution in [1.29, 1.82) is 0 Å². The average Bonchev–Trinajstić information content (AvgIpc) is 2.56. The van der Waals surface area contributed by atoms with Crippen molar-refractivity contribution >= 4 is 5.69 Å². The molecule has 2 atom stereocenters. The molecule has 1 aliphatic carbocycles. The molecule has 0 spiro atoms. The lowest BCUT2D eigenvalue weighted by Gasteiger charge is -2.42. The number of nitrogens with zero attached hydrogens (tertiary/aromatic N) is 3. The normalized spacial score (nSPS) is 27.0. The van der Waals surface area contributed by atoms with Crippen molar-refractivity contribution in [3.8, 4) is 0 Å². The van der Waals surface area contributed by atoms with Gasteiger partial charge in [0.15, 0.2) is 0 Å². The number of piperazine rings is 1. The van der Waals surface area contributed by atoms with Gasteiger partial charge in [0.05, 0.1) is 4.92 Å². The van der Waals surface area contributed by atoms with E-state index in [1.165, 1.54) is 25.7 Å². The molecule has 23 heavy (non-hydrogen) atoms. The lowest BCUT2D eigenvalue weighted by atomic mass is 9.86. The summed E-state index contributed by atoms with van der Waals surface area (Å²) in [4.78, 5) is 15.5. The van der Waals surface area contributed by atoms with Crippen molar-refractivity contribution in [3.05, 3.63) is 39.9 Å². The summed E-state index contributed by atoms with van der Waals surface area (Å²) < 4.78 is 0. The van der Waals surface area contributed by atoms with Gasteiger partial charge in [0.25, 0.3) is 5.69 Å². The van der Waals surface area contributed by atoms with Crippen molar-refractivity contribution in [2.24, 2.45) is 5.92 Å². The molecule has 2 aliphatic rings. The summed E-state index contributed by atoms with van der Waals surface area (Å²) in [6.45, 7) is 7.79. The molecule has 1 aromatic rings. The van der Waals surface area contributed by atoms with Crippen molar-refractivity contribution in [2.45, 2.75) is 45.2 Å². The fraction of sp³-hybridized carbons (Fsp3) is 0.667. The molecule has 1 heterocycles. The Morgan fingerprint density at radius 1 is 1.13 bits per heavy atom. The van der Waals surface area contributed by atoms with E-state index in [4.69, 9.17) is 0 Å². The molecule has 2 unspecified atom stereocenters. The quantitative estimate of drug-likeness (QED) is 0.631. The molecular formula is C18H27N3O2. The summed E-state index contributed by atoms with van der Waals surface area (Å²) in [6.07, 6.45) is 5.51. The summed E-state index contributed by atoms with van der Waals surface area (Å²) in [5.74, 6) is 0.881. The molecule has 0 aromatic heterocycles. The predicted molar refractivity (Wildman–Crippen MR) is 91.4 cm³/mol. The first-order chi connectivity index (χ1) is 11.1. The van der Waals surface area contributed by atoms with Crippen LogP contribution in [0.15, 0.2) is 24.3 Å². The van der Waals surface area contributed by atoms with Crippen LogP contribution in [0.2, 0.25) is 0 Å². The molecular weight excluding hydrogens is 290 g/mol. The third-order valence-electron chi connectivity index (χ3n) is 5.39. The number of hydrogen-bond acceptors (Lipinski definition) is 4. The minimum absolute atomic E-state index is 0.171. The van der Waals surface area contributed by atoms with Crippen molar-refractivity contribution < 1.29 is 4.92 Å². The lowest BCUT2D eigenvalue weighted by molar-refractivity contribution is -0.384. The highest BCUT2D eigenvalue weighted by Crippen LogP contribution is 2.28. The van der Waals surface area contributed by atoms with Gasteiger partial charge in [0, 0.05) is 50.9 Å². The second-order valence-electron chi connectivity index (χ2n) is 7.16. The van der Waals surface area contributed by atoms with E-state index in [1.807, 2.05) is 12.1 Å². The summed E-state index contributed by atoms with van der Waals surface area (Å²) in [5.41, 5.74) is 1.33. The Balaban J connectivity index is 1.48. The highest BCUT2D eigenvalue weighted by molar-refractivity contribution is 5.32. The molecule has 5 heteroatoms. The number of hydrogen-bond donors (Lipinski definition) is 0. The Kier molecular flexibility index (Phi) is 5.28. The molecule has 1 aromatic carbocycles. The van der Waals surface area contributed by atoms with E-state index in [9.17, 15) is 10.1 Å². The van der Waals surface area contributed by atoms with Crippen LogP contribution < -0.4 is 0 Å². The molecule has 1 aliphatic heterocycles. The van der Waals surface area contributed by atoms with Gasteiger partial charge in [-0.2, -0.15) is 0 Å². The summed E-state index contributed by atoms with van der Waals surface area (Å²) in [6, 6.07) is 7.77. The minimum Gasteiger partial charge on any atom is -0.298 e. The van der Waals surface area contributed by atoms with Crippen LogP contribution in [0.5, 0.6) is 0 Å². The van der Waals surface area contributed by atoms with E-state index >= 15 is 0 Å². The molecule has 126 valence electrons. The van der Waals surface area contributed by atoms with Crippen LogP contribution in [-0.4, -0.2) is 46.9 Å². The van der Waals surface area contributed by atoms with E-state index in [0.717, 1.165) is 50.2 Å². The van der Waals surface area contributed by atoms with E-state index < -0.39 is 0 Å². The van der Waals surface area contributed by atoms with E-state index in [0.29, 0.717) is 0 Å². The summed E-state index contributed by atoms with van der Waals surface area (Å²) in [7, 11) is 0. The van der Waals surface area contributed by atoms with Crippen LogP contribution in [0.4, 0.5) is 5.69 Å². The Labute approximate surface area is 138 Å². The van der Waals surface area contributed by atoms with Crippen LogP contribution in [0.25, 0.3) is 0 Å². The maximum absolute atomic E-state index is 10.7. The first-order valence-electron chi connectivity index (χ1n) is 8.81. The molecule has 0 N–H and O–H groups in total. The summed E-state index contributed by atoms with van der Waals surface area (Å²) in [5, 5.41) is 10.7. The number of nitro benzene ring substituents is 1.